The average molecular weight is 381 g/mol. The van der Waals surface area contributed by atoms with Crippen LogP contribution in [0.3, 0.4) is 0 Å². The fourth-order valence-electron chi connectivity index (χ4n) is 2.59. The fraction of sp³-hybridized carbons (Fsp3) is 0.692. The van der Waals surface area contributed by atoms with Crippen molar-refractivity contribution < 1.29 is 8.42 Å². The van der Waals surface area contributed by atoms with Gasteiger partial charge in [0.15, 0.2) is 0 Å². The molecule has 1 aromatic rings. The first-order chi connectivity index (χ1) is 9.42. The highest BCUT2D eigenvalue weighted by Gasteiger charge is 2.27. The number of thiophene rings is 1. The summed E-state index contributed by atoms with van der Waals surface area (Å²) in [7, 11) is -3.41. The highest BCUT2D eigenvalue weighted by Crippen LogP contribution is 2.27. The van der Waals surface area contributed by atoms with Gasteiger partial charge in [-0.15, -0.1) is 11.3 Å². The van der Waals surface area contributed by atoms with Crippen LogP contribution >= 0.6 is 27.3 Å². The van der Waals surface area contributed by atoms with Gasteiger partial charge in [-0.1, -0.05) is 13.8 Å². The second-order valence-electron chi connectivity index (χ2n) is 5.46. The second-order valence-corrected chi connectivity index (χ2v) is 9.20. The van der Waals surface area contributed by atoms with Gasteiger partial charge in [0.1, 0.15) is 4.21 Å². The predicted molar refractivity (Wildman–Crippen MR) is 86.6 cm³/mol. The summed E-state index contributed by atoms with van der Waals surface area (Å²) in [5.41, 5.74) is 0. The molecule has 0 spiro atoms. The minimum absolute atomic E-state index is 0.269. The summed E-state index contributed by atoms with van der Waals surface area (Å²) in [6.07, 6.45) is 2.43. The van der Waals surface area contributed by atoms with Gasteiger partial charge < -0.3 is 0 Å². The van der Waals surface area contributed by atoms with Crippen LogP contribution in [-0.4, -0.2) is 39.0 Å². The van der Waals surface area contributed by atoms with Crippen LogP contribution in [0.1, 0.15) is 26.7 Å². The molecule has 1 fully saturated rings. The molecule has 1 unspecified atom stereocenters. The van der Waals surface area contributed by atoms with Gasteiger partial charge in [-0.2, -0.15) is 0 Å². The molecule has 0 amide bonds. The Hall–Kier alpha value is 0.0500. The Balaban J connectivity index is 2.04. The predicted octanol–water partition coefficient (Wildman–Crippen LogP) is 2.91. The Labute approximate surface area is 133 Å². The quantitative estimate of drug-likeness (QED) is 0.825. The summed E-state index contributed by atoms with van der Waals surface area (Å²) in [4.78, 5) is 2.40. The summed E-state index contributed by atoms with van der Waals surface area (Å²) in [5, 5.41) is 1.78. The molecule has 2 heterocycles. The number of hydrogen-bond donors (Lipinski definition) is 1. The lowest BCUT2D eigenvalue weighted by molar-refractivity contribution is 0.193. The SMILES string of the molecule is CC(C)C(CNS(=O)(=O)c1sccc1Br)N1CCCC1. The number of nitrogens with one attached hydrogen (secondary N) is 1. The molecule has 1 aliphatic rings. The van der Waals surface area contributed by atoms with Gasteiger partial charge in [-0.25, -0.2) is 13.1 Å². The Kier molecular flexibility index (Phi) is 5.64. The maximum absolute atomic E-state index is 12.3. The molecule has 4 nitrogen and oxygen atoms in total. The lowest BCUT2D eigenvalue weighted by Gasteiger charge is -2.30. The molecule has 1 aromatic heterocycles. The minimum atomic E-state index is -3.41. The van der Waals surface area contributed by atoms with E-state index in [1.165, 1.54) is 24.2 Å². The van der Waals surface area contributed by atoms with E-state index < -0.39 is 10.0 Å². The van der Waals surface area contributed by atoms with Crippen molar-refractivity contribution in [2.45, 2.75) is 36.9 Å². The van der Waals surface area contributed by atoms with Gasteiger partial charge in [-0.3, -0.25) is 4.90 Å². The molecule has 1 atom stereocenters. The molecule has 0 saturated carbocycles. The Bertz CT molecular complexity index is 536. The molecule has 0 aliphatic carbocycles. The first-order valence-corrected chi connectivity index (χ1v) is 10.0. The van der Waals surface area contributed by atoms with Gasteiger partial charge in [0.25, 0.3) is 10.0 Å². The van der Waals surface area contributed by atoms with E-state index >= 15 is 0 Å². The summed E-state index contributed by atoms with van der Waals surface area (Å²) >= 11 is 4.52. The summed E-state index contributed by atoms with van der Waals surface area (Å²) in [5.74, 6) is 0.433. The maximum Gasteiger partial charge on any atom is 0.251 e. The van der Waals surface area contributed by atoms with Crippen molar-refractivity contribution in [1.29, 1.82) is 0 Å². The molecule has 0 radical (unpaired) electrons. The number of rotatable bonds is 6. The second kappa shape index (κ2) is 6.87. The maximum atomic E-state index is 12.3. The van der Waals surface area contributed by atoms with E-state index in [0.717, 1.165) is 13.1 Å². The number of hydrogen-bond acceptors (Lipinski definition) is 4. The number of halogens is 1. The molecule has 0 aromatic carbocycles. The zero-order chi connectivity index (χ0) is 14.8. The highest BCUT2D eigenvalue weighted by atomic mass is 79.9. The first kappa shape index (κ1) is 16.4. The van der Waals surface area contributed by atoms with E-state index in [9.17, 15) is 8.42 Å². The Morgan fingerprint density at radius 3 is 2.55 bits per heavy atom. The third-order valence-corrected chi connectivity index (χ3v) is 7.78. The number of likely N-dealkylation sites (tertiary alicyclic amines) is 1. The van der Waals surface area contributed by atoms with Gasteiger partial charge in [0.2, 0.25) is 0 Å². The fourth-order valence-corrected chi connectivity index (χ4v) is 6.02. The lowest BCUT2D eigenvalue weighted by atomic mass is 10.0. The molecule has 0 bridgehead atoms. The molecule has 1 N–H and O–H groups in total. The van der Waals surface area contributed by atoms with Crippen LogP contribution < -0.4 is 4.72 Å². The topological polar surface area (TPSA) is 49.4 Å². The van der Waals surface area contributed by atoms with E-state index in [1.807, 2.05) is 0 Å². The summed E-state index contributed by atoms with van der Waals surface area (Å²) in [6.45, 7) is 6.93. The van der Waals surface area contributed by atoms with Crippen LogP contribution in [0.15, 0.2) is 20.1 Å². The standard InChI is InChI=1S/C13H21BrN2O2S2/c1-10(2)12(16-6-3-4-7-16)9-15-20(17,18)13-11(14)5-8-19-13/h5,8,10,12,15H,3-4,6-7,9H2,1-2H3. The van der Waals surface area contributed by atoms with Gasteiger partial charge >= 0.3 is 0 Å². The number of sulfonamides is 1. The third kappa shape index (κ3) is 3.82. The highest BCUT2D eigenvalue weighted by molar-refractivity contribution is 9.10. The van der Waals surface area contributed by atoms with Crippen LogP contribution in [0.2, 0.25) is 0 Å². The van der Waals surface area contributed by atoms with Gasteiger partial charge in [0, 0.05) is 17.1 Å². The van der Waals surface area contributed by atoms with Crippen LogP contribution in [0, 0.1) is 5.92 Å². The van der Waals surface area contributed by atoms with Gasteiger partial charge in [-0.05, 0) is 59.2 Å². The van der Waals surface area contributed by atoms with Crippen LogP contribution in [-0.2, 0) is 10.0 Å². The van der Waals surface area contributed by atoms with E-state index in [1.54, 1.807) is 11.4 Å². The smallest absolute Gasteiger partial charge is 0.251 e. The van der Waals surface area contributed by atoms with Crippen molar-refractivity contribution in [3.05, 3.63) is 15.9 Å². The van der Waals surface area contributed by atoms with Crippen LogP contribution in [0.5, 0.6) is 0 Å². The van der Waals surface area contributed by atoms with Crippen molar-refractivity contribution in [3.8, 4) is 0 Å². The lowest BCUT2D eigenvalue weighted by Crippen LogP contribution is -2.45. The van der Waals surface area contributed by atoms with E-state index in [2.05, 4.69) is 39.4 Å². The molecular weight excluding hydrogens is 360 g/mol. The zero-order valence-electron chi connectivity index (χ0n) is 11.8. The zero-order valence-corrected chi connectivity index (χ0v) is 15.0. The van der Waals surface area contributed by atoms with Crippen molar-refractivity contribution >= 4 is 37.3 Å². The van der Waals surface area contributed by atoms with Crippen LogP contribution in [0.25, 0.3) is 0 Å². The van der Waals surface area contributed by atoms with Crippen molar-refractivity contribution in [3.63, 3.8) is 0 Å². The Morgan fingerprint density at radius 1 is 1.40 bits per heavy atom. The molecule has 1 aliphatic heterocycles. The minimum Gasteiger partial charge on any atom is -0.299 e. The summed E-state index contributed by atoms with van der Waals surface area (Å²) in [6, 6.07) is 2.03. The molecular formula is C13H21BrN2O2S2. The normalized spacial score (nSPS) is 18.8. The Morgan fingerprint density at radius 2 is 2.05 bits per heavy atom. The molecule has 7 heteroatoms. The molecule has 114 valence electrons. The summed E-state index contributed by atoms with van der Waals surface area (Å²) < 4.78 is 28.4. The average Bonchev–Trinajstić information content (AvgIpc) is 3.00. The van der Waals surface area contributed by atoms with Crippen molar-refractivity contribution in [1.82, 2.24) is 9.62 Å². The third-order valence-electron chi connectivity index (χ3n) is 3.69. The van der Waals surface area contributed by atoms with Crippen LogP contribution in [0.4, 0.5) is 0 Å². The van der Waals surface area contributed by atoms with E-state index in [4.69, 9.17) is 0 Å². The first-order valence-electron chi connectivity index (χ1n) is 6.88. The van der Waals surface area contributed by atoms with Gasteiger partial charge in [0.05, 0.1) is 0 Å². The largest absolute Gasteiger partial charge is 0.299 e. The molecule has 2 rings (SSSR count). The monoisotopic (exact) mass is 380 g/mol. The van der Waals surface area contributed by atoms with Crippen molar-refractivity contribution in [2.24, 2.45) is 5.92 Å². The number of nitrogens with zero attached hydrogens (tertiary/aromatic N) is 1. The molecule has 1 saturated heterocycles. The van der Waals surface area contributed by atoms with Crippen molar-refractivity contribution in [2.75, 3.05) is 19.6 Å². The van der Waals surface area contributed by atoms with E-state index in [0.29, 0.717) is 21.1 Å². The van der Waals surface area contributed by atoms with E-state index in [-0.39, 0.29) is 6.04 Å². The molecule has 20 heavy (non-hydrogen) atoms.